The lowest BCUT2D eigenvalue weighted by Gasteiger charge is -2.37. The summed E-state index contributed by atoms with van der Waals surface area (Å²) >= 11 is 0. The molecular formula is C12H26N2O3S. The summed E-state index contributed by atoms with van der Waals surface area (Å²) in [5, 5.41) is 3.15. The van der Waals surface area contributed by atoms with E-state index in [4.69, 9.17) is 4.74 Å². The molecule has 5 nitrogen and oxygen atoms in total. The maximum atomic E-state index is 12.3. The van der Waals surface area contributed by atoms with Gasteiger partial charge in [0.15, 0.2) is 0 Å². The van der Waals surface area contributed by atoms with Gasteiger partial charge in [-0.25, -0.2) is 8.42 Å². The molecule has 6 heteroatoms. The highest BCUT2D eigenvalue weighted by Gasteiger charge is 2.33. The average molecular weight is 278 g/mol. The van der Waals surface area contributed by atoms with Crippen molar-refractivity contribution in [3.05, 3.63) is 0 Å². The molecule has 0 saturated carbocycles. The van der Waals surface area contributed by atoms with Gasteiger partial charge >= 0.3 is 0 Å². The molecule has 1 heterocycles. The molecule has 0 aromatic rings. The zero-order valence-electron chi connectivity index (χ0n) is 11.7. The summed E-state index contributed by atoms with van der Waals surface area (Å²) in [6.07, 6.45) is 1.47. The third-order valence-corrected chi connectivity index (χ3v) is 5.22. The van der Waals surface area contributed by atoms with E-state index in [0.29, 0.717) is 19.6 Å². The van der Waals surface area contributed by atoms with Crippen LogP contribution in [-0.2, 0) is 14.8 Å². The lowest BCUT2D eigenvalue weighted by Crippen LogP contribution is -2.52. The van der Waals surface area contributed by atoms with Gasteiger partial charge in [0.1, 0.15) is 0 Å². The topological polar surface area (TPSA) is 58.6 Å². The van der Waals surface area contributed by atoms with Gasteiger partial charge in [-0.2, -0.15) is 4.31 Å². The second kappa shape index (κ2) is 7.43. The maximum absolute atomic E-state index is 12.3. The number of nitrogens with zero attached hydrogens (tertiary/aromatic N) is 1. The summed E-state index contributed by atoms with van der Waals surface area (Å²) in [5.74, 6) is 0.225. The number of hydrogen-bond acceptors (Lipinski definition) is 4. The highest BCUT2D eigenvalue weighted by atomic mass is 32.2. The van der Waals surface area contributed by atoms with Crippen molar-refractivity contribution >= 4 is 10.0 Å². The lowest BCUT2D eigenvalue weighted by molar-refractivity contribution is -0.0230. The van der Waals surface area contributed by atoms with Gasteiger partial charge in [0.05, 0.1) is 18.5 Å². The van der Waals surface area contributed by atoms with Crippen molar-refractivity contribution in [1.29, 1.82) is 0 Å². The second-order valence-corrected chi connectivity index (χ2v) is 6.84. The molecule has 0 amide bonds. The van der Waals surface area contributed by atoms with E-state index in [0.717, 1.165) is 19.5 Å². The van der Waals surface area contributed by atoms with Gasteiger partial charge in [-0.3, -0.25) is 0 Å². The van der Waals surface area contributed by atoms with E-state index in [1.54, 1.807) is 4.31 Å². The third-order valence-electron chi connectivity index (χ3n) is 3.25. The quantitative estimate of drug-likeness (QED) is 0.700. The van der Waals surface area contributed by atoms with Crippen LogP contribution in [0, 0.1) is 0 Å². The van der Waals surface area contributed by atoms with Crippen molar-refractivity contribution in [2.75, 3.05) is 32.0 Å². The van der Waals surface area contributed by atoms with Crippen molar-refractivity contribution in [1.82, 2.24) is 9.62 Å². The molecule has 1 aliphatic heterocycles. The summed E-state index contributed by atoms with van der Waals surface area (Å²) in [7, 11) is -3.14. The monoisotopic (exact) mass is 278 g/mol. The summed E-state index contributed by atoms with van der Waals surface area (Å²) in [5.41, 5.74) is 0. The summed E-state index contributed by atoms with van der Waals surface area (Å²) in [6, 6.07) is 0.00494. The number of sulfonamides is 1. The van der Waals surface area contributed by atoms with Gasteiger partial charge in [0.2, 0.25) is 10.0 Å². The Morgan fingerprint density at radius 2 is 2.11 bits per heavy atom. The molecule has 0 aliphatic carbocycles. The van der Waals surface area contributed by atoms with Gasteiger partial charge in [0, 0.05) is 12.6 Å². The molecule has 108 valence electrons. The van der Waals surface area contributed by atoms with Crippen LogP contribution in [0.1, 0.15) is 33.6 Å². The van der Waals surface area contributed by atoms with Crippen molar-refractivity contribution < 1.29 is 13.2 Å². The van der Waals surface area contributed by atoms with Crippen LogP contribution in [0.25, 0.3) is 0 Å². The molecule has 1 fully saturated rings. The van der Waals surface area contributed by atoms with Crippen molar-refractivity contribution in [3.63, 3.8) is 0 Å². The number of rotatable bonds is 7. The van der Waals surface area contributed by atoms with E-state index in [1.165, 1.54) is 0 Å². The van der Waals surface area contributed by atoms with Gasteiger partial charge in [0.25, 0.3) is 0 Å². The van der Waals surface area contributed by atoms with Crippen molar-refractivity contribution in [2.24, 2.45) is 0 Å². The summed E-state index contributed by atoms with van der Waals surface area (Å²) in [6.45, 7) is 8.59. The van der Waals surface area contributed by atoms with E-state index in [9.17, 15) is 8.42 Å². The predicted octanol–water partition coefficient (Wildman–Crippen LogP) is 0.815. The fourth-order valence-corrected chi connectivity index (χ4v) is 3.99. The standard InChI is InChI=1S/C12H26N2O3S/c1-4-12-10-17-11(3)9-14(12)18(15,16)8-6-7-13-5-2/h11-13H,4-10H2,1-3H3. The Balaban J connectivity index is 2.57. The highest BCUT2D eigenvalue weighted by Crippen LogP contribution is 2.19. The predicted molar refractivity (Wildman–Crippen MR) is 73.1 cm³/mol. The van der Waals surface area contributed by atoms with Gasteiger partial charge in [-0.1, -0.05) is 13.8 Å². The smallest absolute Gasteiger partial charge is 0.214 e. The average Bonchev–Trinajstić information content (AvgIpc) is 2.35. The molecule has 2 atom stereocenters. The molecule has 0 aromatic carbocycles. The molecule has 1 aliphatic rings. The van der Waals surface area contributed by atoms with Crippen LogP contribution in [-0.4, -0.2) is 56.9 Å². The Labute approximate surface area is 111 Å². The summed E-state index contributed by atoms with van der Waals surface area (Å²) < 4.78 is 31.8. The maximum Gasteiger partial charge on any atom is 0.214 e. The van der Waals surface area contributed by atoms with Crippen molar-refractivity contribution in [3.8, 4) is 0 Å². The van der Waals surface area contributed by atoms with Crippen LogP contribution in [0.4, 0.5) is 0 Å². The first-order valence-corrected chi connectivity index (χ1v) is 8.44. The Bertz CT molecular complexity index is 332. The van der Waals surface area contributed by atoms with E-state index in [-0.39, 0.29) is 17.9 Å². The van der Waals surface area contributed by atoms with E-state index in [1.807, 2.05) is 20.8 Å². The molecule has 0 bridgehead atoms. The molecule has 2 unspecified atom stereocenters. The molecule has 1 N–H and O–H groups in total. The molecule has 1 rings (SSSR count). The van der Waals surface area contributed by atoms with Crippen LogP contribution in [0.5, 0.6) is 0 Å². The van der Waals surface area contributed by atoms with Crippen molar-refractivity contribution in [2.45, 2.75) is 45.8 Å². The lowest BCUT2D eigenvalue weighted by atomic mass is 10.2. The third kappa shape index (κ3) is 4.50. The molecular weight excluding hydrogens is 252 g/mol. The van der Waals surface area contributed by atoms with E-state index < -0.39 is 10.0 Å². The van der Waals surface area contributed by atoms with E-state index >= 15 is 0 Å². The van der Waals surface area contributed by atoms with Gasteiger partial charge < -0.3 is 10.1 Å². The van der Waals surface area contributed by atoms with Crippen LogP contribution >= 0.6 is 0 Å². The molecule has 18 heavy (non-hydrogen) atoms. The first-order chi connectivity index (χ1) is 8.51. The zero-order valence-corrected chi connectivity index (χ0v) is 12.5. The minimum Gasteiger partial charge on any atom is -0.375 e. The minimum atomic E-state index is -3.14. The molecule has 0 radical (unpaired) electrons. The number of ether oxygens (including phenoxy) is 1. The first kappa shape index (κ1) is 15.9. The largest absolute Gasteiger partial charge is 0.375 e. The Morgan fingerprint density at radius 1 is 1.39 bits per heavy atom. The number of morpholine rings is 1. The zero-order chi connectivity index (χ0) is 13.6. The van der Waals surface area contributed by atoms with Crippen LogP contribution in [0.15, 0.2) is 0 Å². The van der Waals surface area contributed by atoms with Gasteiger partial charge in [-0.05, 0) is 32.9 Å². The molecule has 1 saturated heterocycles. The van der Waals surface area contributed by atoms with Crippen LogP contribution < -0.4 is 5.32 Å². The van der Waals surface area contributed by atoms with Crippen LogP contribution in [0.3, 0.4) is 0 Å². The number of nitrogens with one attached hydrogen (secondary N) is 1. The normalized spacial score (nSPS) is 26.4. The second-order valence-electron chi connectivity index (χ2n) is 4.80. The Morgan fingerprint density at radius 3 is 2.72 bits per heavy atom. The SMILES string of the molecule is CCNCCCS(=O)(=O)N1CC(C)OCC1CC. The first-order valence-electron chi connectivity index (χ1n) is 6.83. The highest BCUT2D eigenvalue weighted by molar-refractivity contribution is 7.89. The van der Waals surface area contributed by atoms with Crippen LogP contribution in [0.2, 0.25) is 0 Å². The van der Waals surface area contributed by atoms with Gasteiger partial charge in [-0.15, -0.1) is 0 Å². The summed E-state index contributed by atoms with van der Waals surface area (Å²) in [4.78, 5) is 0. The molecule has 0 spiro atoms. The Kier molecular flexibility index (Phi) is 6.55. The fraction of sp³-hybridized carbons (Fsp3) is 1.00. The Hall–Kier alpha value is -0.170. The minimum absolute atomic E-state index is 0.00339. The van der Waals surface area contributed by atoms with E-state index in [2.05, 4.69) is 5.32 Å². The number of hydrogen-bond donors (Lipinski definition) is 1. The molecule has 0 aromatic heterocycles. The fourth-order valence-electron chi connectivity index (χ4n) is 2.15.